The zero-order chi connectivity index (χ0) is 10.5. The molecule has 1 nitrogen and oxygen atoms in total. The first-order valence-corrected chi connectivity index (χ1v) is 8.03. The molecule has 0 unspecified atom stereocenters. The van der Waals surface area contributed by atoms with Gasteiger partial charge in [0, 0.05) is 0 Å². The van der Waals surface area contributed by atoms with Crippen LogP contribution in [0.15, 0.2) is 0 Å². The fourth-order valence-electron chi connectivity index (χ4n) is 1.81. The van der Waals surface area contributed by atoms with Gasteiger partial charge in [0.15, 0.2) is 0 Å². The molecule has 0 amide bonds. The van der Waals surface area contributed by atoms with Crippen molar-refractivity contribution in [1.29, 1.82) is 0 Å². The minimum absolute atomic E-state index is 0.875. The predicted octanol–water partition coefficient (Wildman–Crippen LogP) is 3.43. The van der Waals surface area contributed by atoms with Crippen molar-refractivity contribution in [3.05, 3.63) is 0 Å². The summed E-state index contributed by atoms with van der Waals surface area (Å²) in [6, 6.07) is 0. The molecule has 0 aromatic rings. The van der Waals surface area contributed by atoms with Crippen molar-refractivity contribution in [2.45, 2.75) is 67.9 Å². The van der Waals surface area contributed by atoms with E-state index in [1.807, 2.05) is 0 Å². The summed E-state index contributed by atoms with van der Waals surface area (Å²) >= 11 is 1.40. The Balaban J connectivity index is 2.78. The van der Waals surface area contributed by atoms with Crippen LogP contribution in [0.25, 0.3) is 0 Å². The van der Waals surface area contributed by atoms with Gasteiger partial charge in [0.25, 0.3) is 0 Å². The van der Waals surface area contributed by atoms with Gasteiger partial charge in [0.2, 0.25) is 0 Å². The van der Waals surface area contributed by atoms with Crippen LogP contribution in [-0.4, -0.2) is 34.5 Å². The fraction of sp³-hybridized carbons (Fsp3) is 1.00. The molecule has 0 aliphatic carbocycles. The summed E-state index contributed by atoms with van der Waals surface area (Å²) in [4.78, 5) is 0. The predicted molar refractivity (Wildman–Crippen MR) is 65.8 cm³/mol. The number of hydrogen-bond acceptors (Lipinski definition) is 1. The monoisotopic (exact) mass is 207 g/mol. The fourth-order valence-corrected chi connectivity index (χ4v) is 2.31. The van der Waals surface area contributed by atoms with Crippen LogP contribution in [-0.2, 0) is 0 Å². The molecule has 0 aromatic heterocycles. The van der Waals surface area contributed by atoms with Crippen LogP contribution in [0.1, 0.15) is 64.2 Å². The molecular formula is C12H26NNa. The van der Waals surface area contributed by atoms with E-state index < -0.39 is 0 Å². The van der Waals surface area contributed by atoms with Crippen LogP contribution in [0.4, 0.5) is 0 Å². The Hall–Kier alpha value is 0.960. The van der Waals surface area contributed by atoms with Crippen molar-refractivity contribution in [3.8, 4) is 0 Å². The van der Waals surface area contributed by atoms with E-state index in [0.29, 0.717) is 0 Å². The maximum atomic E-state index is 5.44. The van der Waals surface area contributed by atoms with Gasteiger partial charge in [-0.2, -0.15) is 0 Å². The molecule has 0 aliphatic rings. The van der Waals surface area contributed by atoms with E-state index in [4.69, 9.17) is 5.73 Å². The summed E-state index contributed by atoms with van der Waals surface area (Å²) in [5, 5.41) is 0. The first-order chi connectivity index (χ1) is 6.91. The summed E-state index contributed by atoms with van der Waals surface area (Å²) in [7, 11) is 0. The maximum absolute atomic E-state index is 5.44. The molecule has 0 bridgehead atoms. The standard InChI is InChI=1S/C12H26N.Na/c1-2-3-4-5-6-7-8-9-10-11-12-13;/h1-13H2;. The molecule has 0 saturated heterocycles. The first kappa shape index (κ1) is 15.0. The van der Waals surface area contributed by atoms with Gasteiger partial charge >= 0.3 is 102 Å². The molecule has 0 heterocycles. The molecular weight excluding hydrogens is 181 g/mol. The molecule has 0 radical (unpaired) electrons. The third kappa shape index (κ3) is 13.0. The summed E-state index contributed by atoms with van der Waals surface area (Å²) in [6.07, 6.45) is 14.2. The zero-order valence-corrected chi connectivity index (χ0v) is 12.1. The van der Waals surface area contributed by atoms with E-state index >= 15 is 0 Å². The Bertz CT molecular complexity index is 84.3. The average molecular weight is 207 g/mol. The van der Waals surface area contributed by atoms with E-state index in [9.17, 15) is 0 Å². The third-order valence-electron chi connectivity index (χ3n) is 2.81. The molecule has 0 rings (SSSR count). The SMILES string of the molecule is NCCCCCCCCCCC[CH2][Na]. The molecule has 2 N–H and O–H groups in total. The Morgan fingerprint density at radius 3 is 1.29 bits per heavy atom. The van der Waals surface area contributed by atoms with E-state index in [2.05, 4.69) is 0 Å². The molecule has 0 aromatic carbocycles. The van der Waals surface area contributed by atoms with E-state index in [-0.39, 0.29) is 0 Å². The second-order valence-electron chi connectivity index (χ2n) is 4.32. The molecule has 0 aliphatic heterocycles. The summed E-state index contributed by atoms with van der Waals surface area (Å²) < 4.78 is 1.50. The quantitative estimate of drug-likeness (QED) is 0.407. The van der Waals surface area contributed by atoms with Crippen LogP contribution in [0, 0.1) is 0 Å². The average Bonchev–Trinajstić information content (AvgIpc) is 2.21. The molecule has 0 fully saturated rings. The van der Waals surface area contributed by atoms with Gasteiger partial charge in [-0.05, 0) is 0 Å². The van der Waals surface area contributed by atoms with Gasteiger partial charge in [-0.25, -0.2) is 0 Å². The van der Waals surface area contributed by atoms with Crippen molar-refractivity contribution in [2.24, 2.45) is 5.73 Å². The number of unbranched alkanes of at least 4 members (excludes halogenated alkanes) is 9. The van der Waals surface area contributed by atoms with Crippen molar-refractivity contribution in [3.63, 3.8) is 0 Å². The van der Waals surface area contributed by atoms with Crippen molar-refractivity contribution in [2.75, 3.05) is 6.54 Å². The molecule has 2 heteroatoms. The number of rotatable bonds is 11. The molecule has 80 valence electrons. The van der Waals surface area contributed by atoms with Gasteiger partial charge in [-0.1, -0.05) is 0 Å². The normalized spacial score (nSPS) is 10.8. The minimum atomic E-state index is 0.875. The van der Waals surface area contributed by atoms with Crippen LogP contribution in [0.5, 0.6) is 0 Å². The molecule has 0 atom stereocenters. The van der Waals surface area contributed by atoms with E-state index in [0.717, 1.165) is 6.54 Å². The van der Waals surface area contributed by atoms with E-state index in [1.165, 1.54) is 95.8 Å². The van der Waals surface area contributed by atoms with Gasteiger partial charge in [0.05, 0.1) is 0 Å². The molecule has 0 saturated carbocycles. The topological polar surface area (TPSA) is 26.0 Å². The van der Waals surface area contributed by atoms with Gasteiger partial charge < -0.3 is 5.73 Å². The Labute approximate surface area is 108 Å². The second-order valence-corrected chi connectivity index (χ2v) is 5.32. The van der Waals surface area contributed by atoms with Gasteiger partial charge in [-0.3, -0.25) is 0 Å². The second kappa shape index (κ2) is 14.0. The van der Waals surface area contributed by atoms with Crippen LogP contribution >= 0.6 is 0 Å². The van der Waals surface area contributed by atoms with Gasteiger partial charge in [-0.15, -0.1) is 0 Å². The first-order valence-electron chi connectivity index (χ1n) is 6.62. The summed E-state index contributed by atoms with van der Waals surface area (Å²) in [5.74, 6) is 0. The van der Waals surface area contributed by atoms with Crippen LogP contribution in [0.3, 0.4) is 0 Å². The van der Waals surface area contributed by atoms with Gasteiger partial charge in [0.1, 0.15) is 0 Å². The van der Waals surface area contributed by atoms with Crippen molar-refractivity contribution >= 4 is 27.9 Å². The molecule has 0 spiro atoms. The summed E-state index contributed by atoms with van der Waals surface area (Å²) in [5.41, 5.74) is 5.44. The number of hydrogen-bond donors (Lipinski definition) is 1. The Morgan fingerprint density at radius 2 is 0.929 bits per heavy atom. The molecule has 14 heavy (non-hydrogen) atoms. The number of nitrogens with two attached hydrogens (primary N) is 1. The Kier molecular flexibility index (Phi) is 14.9. The zero-order valence-electron chi connectivity index (χ0n) is 10.1. The Morgan fingerprint density at radius 1 is 0.571 bits per heavy atom. The third-order valence-corrected chi connectivity index (χ3v) is 3.51. The van der Waals surface area contributed by atoms with E-state index in [1.54, 1.807) is 0 Å². The summed E-state index contributed by atoms with van der Waals surface area (Å²) in [6.45, 7) is 0.875. The van der Waals surface area contributed by atoms with Crippen molar-refractivity contribution in [1.82, 2.24) is 0 Å². The van der Waals surface area contributed by atoms with Crippen LogP contribution in [0.2, 0.25) is 3.67 Å². The van der Waals surface area contributed by atoms with Crippen LogP contribution < -0.4 is 5.73 Å². The van der Waals surface area contributed by atoms with Crippen molar-refractivity contribution < 1.29 is 0 Å².